The number of hydrogen-bond donors (Lipinski definition) is 0. The third-order valence-corrected chi connectivity index (χ3v) is 6.33. The van der Waals surface area contributed by atoms with E-state index in [1.807, 2.05) is 25.1 Å². The third kappa shape index (κ3) is 6.25. The molecule has 0 N–H and O–H groups in total. The van der Waals surface area contributed by atoms with E-state index in [4.69, 9.17) is 4.74 Å². The molecule has 4 rings (SSSR count). The molecule has 2 aliphatic heterocycles. The number of likely N-dealkylation sites (tertiary alicyclic amines) is 1. The number of ether oxygens (including phenoxy) is 1. The van der Waals surface area contributed by atoms with Crippen LogP contribution in [0.15, 0.2) is 48.7 Å². The second-order valence-electron chi connectivity index (χ2n) is 8.80. The number of hydrogen-bond acceptors (Lipinski definition) is 4. The quantitative estimate of drug-likeness (QED) is 0.644. The van der Waals surface area contributed by atoms with Crippen molar-refractivity contribution in [2.45, 2.75) is 44.1 Å². The molecule has 180 valence electrons. The molecule has 2 aromatic rings. The van der Waals surface area contributed by atoms with Crippen molar-refractivity contribution < 1.29 is 22.7 Å². The molecule has 0 saturated carbocycles. The lowest BCUT2D eigenvalue weighted by atomic mass is 9.88. The summed E-state index contributed by atoms with van der Waals surface area (Å²) in [7, 11) is 0. The number of benzene rings is 1. The molecule has 3 heterocycles. The number of morpholine rings is 1. The predicted molar refractivity (Wildman–Crippen MR) is 121 cm³/mol. The molecule has 0 radical (unpaired) electrons. The van der Waals surface area contributed by atoms with Gasteiger partial charge in [-0.1, -0.05) is 30.3 Å². The van der Waals surface area contributed by atoms with Crippen LogP contribution in [-0.4, -0.2) is 65.1 Å². The van der Waals surface area contributed by atoms with Crippen molar-refractivity contribution >= 4 is 18.3 Å². The SMILES string of the molecule is CC1CN(C(=O)c2cc(C(F)(F)F)ccn2)CC2(CCN(CCc3ccccc3)CC2)O1.Cl. The van der Waals surface area contributed by atoms with Crippen LogP contribution in [0.4, 0.5) is 13.2 Å². The summed E-state index contributed by atoms with van der Waals surface area (Å²) >= 11 is 0. The van der Waals surface area contributed by atoms with Crippen molar-refractivity contribution in [2.75, 3.05) is 32.7 Å². The highest BCUT2D eigenvalue weighted by atomic mass is 35.5. The predicted octanol–water partition coefficient (Wildman–Crippen LogP) is 4.46. The number of rotatable bonds is 4. The highest BCUT2D eigenvalue weighted by Crippen LogP contribution is 2.34. The van der Waals surface area contributed by atoms with Gasteiger partial charge in [0.15, 0.2) is 0 Å². The summed E-state index contributed by atoms with van der Waals surface area (Å²) in [6.07, 6.45) is -1.10. The van der Waals surface area contributed by atoms with Crippen molar-refractivity contribution in [1.29, 1.82) is 0 Å². The molecule has 5 nitrogen and oxygen atoms in total. The largest absolute Gasteiger partial charge is 0.416 e. The smallest absolute Gasteiger partial charge is 0.368 e. The lowest BCUT2D eigenvalue weighted by Crippen LogP contribution is -2.60. The number of carbonyl (C=O) groups excluding carboxylic acids is 1. The number of piperidine rings is 1. The summed E-state index contributed by atoms with van der Waals surface area (Å²) in [5, 5.41) is 0. The molecule has 2 fully saturated rings. The Morgan fingerprint density at radius 3 is 2.55 bits per heavy atom. The Hall–Kier alpha value is -2.16. The molecule has 2 saturated heterocycles. The van der Waals surface area contributed by atoms with E-state index in [2.05, 4.69) is 22.0 Å². The fourth-order valence-corrected chi connectivity index (χ4v) is 4.66. The fourth-order valence-electron chi connectivity index (χ4n) is 4.66. The normalized spacial score (nSPS) is 21.0. The second-order valence-corrected chi connectivity index (χ2v) is 8.80. The Morgan fingerprint density at radius 2 is 1.88 bits per heavy atom. The zero-order valence-corrected chi connectivity index (χ0v) is 19.4. The summed E-state index contributed by atoms with van der Waals surface area (Å²) in [4.78, 5) is 20.9. The van der Waals surface area contributed by atoms with Gasteiger partial charge in [0, 0.05) is 32.4 Å². The molecule has 1 aromatic heterocycles. The van der Waals surface area contributed by atoms with Gasteiger partial charge in [-0.05, 0) is 43.9 Å². The van der Waals surface area contributed by atoms with E-state index in [9.17, 15) is 18.0 Å². The van der Waals surface area contributed by atoms with E-state index in [-0.39, 0.29) is 24.2 Å². The molecule has 1 aromatic carbocycles. The number of carbonyl (C=O) groups is 1. The second kappa shape index (κ2) is 10.4. The van der Waals surface area contributed by atoms with Crippen molar-refractivity contribution in [3.63, 3.8) is 0 Å². The van der Waals surface area contributed by atoms with Crippen LogP contribution < -0.4 is 0 Å². The Balaban J connectivity index is 0.00000306. The maximum absolute atomic E-state index is 13.1. The standard InChI is InChI=1S/C24H28F3N3O2.ClH/c1-18-16-30(22(31)21-15-20(7-11-28-21)24(25,26)27)17-23(32-18)9-13-29(14-10-23)12-8-19-5-3-2-4-6-19;/h2-7,11,15,18H,8-10,12-14,16-17H2,1H3;1H. The van der Waals surface area contributed by atoms with E-state index in [1.54, 1.807) is 4.90 Å². The summed E-state index contributed by atoms with van der Waals surface area (Å²) in [5.41, 5.74) is -0.193. The van der Waals surface area contributed by atoms with Crippen molar-refractivity contribution in [3.8, 4) is 0 Å². The summed E-state index contributed by atoms with van der Waals surface area (Å²) < 4.78 is 45.5. The first-order valence-corrected chi connectivity index (χ1v) is 11.0. The average Bonchev–Trinajstić information content (AvgIpc) is 2.78. The molecule has 0 bridgehead atoms. The summed E-state index contributed by atoms with van der Waals surface area (Å²) in [5.74, 6) is -0.475. The van der Waals surface area contributed by atoms with E-state index in [0.717, 1.165) is 57.2 Å². The molecular weight excluding hydrogens is 455 g/mol. The molecule has 1 atom stereocenters. The lowest BCUT2D eigenvalue weighted by Gasteiger charge is -2.49. The number of nitrogens with zero attached hydrogens (tertiary/aromatic N) is 3. The molecule has 9 heteroatoms. The monoisotopic (exact) mass is 483 g/mol. The average molecular weight is 484 g/mol. The van der Waals surface area contributed by atoms with Crippen LogP contribution in [-0.2, 0) is 17.3 Å². The zero-order chi connectivity index (χ0) is 22.8. The van der Waals surface area contributed by atoms with Gasteiger partial charge in [0.05, 0.1) is 23.8 Å². The Labute approximate surface area is 198 Å². The minimum absolute atomic E-state index is 0. The van der Waals surface area contributed by atoms with Crippen molar-refractivity contribution in [3.05, 3.63) is 65.5 Å². The highest BCUT2D eigenvalue weighted by Gasteiger charge is 2.43. The molecule has 0 aliphatic carbocycles. The van der Waals surface area contributed by atoms with Gasteiger partial charge in [-0.3, -0.25) is 9.78 Å². The molecule has 2 aliphatic rings. The van der Waals surface area contributed by atoms with Crippen LogP contribution >= 0.6 is 12.4 Å². The molecule has 1 unspecified atom stereocenters. The van der Waals surface area contributed by atoms with Crippen LogP contribution in [0.25, 0.3) is 0 Å². The third-order valence-electron chi connectivity index (χ3n) is 6.33. The first kappa shape index (κ1) is 25.5. The van der Waals surface area contributed by atoms with E-state index >= 15 is 0 Å². The number of alkyl halides is 3. The van der Waals surface area contributed by atoms with Crippen molar-refractivity contribution in [1.82, 2.24) is 14.8 Å². The topological polar surface area (TPSA) is 45.7 Å². The first-order chi connectivity index (χ1) is 15.2. The molecule has 1 spiro atoms. The van der Waals surface area contributed by atoms with Gasteiger partial charge in [-0.2, -0.15) is 13.2 Å². The van der Waals surface area contributed by atoms with Crippen LogP contribution in [0.5, 0.6) is 0 Å². The van der Waals surface area contributed by atoms with Crippen LogP contribution in [0, 0.1) is 0 Å². The van der Waals surface area contributed by atoms with Crippen LogP contribution in [0.1, 0.15) is 41.4 Å². The Morgan fingerprint density at radius 1 is 1.18 bits per heavy atom. The van der Waals surface area contributed by atoms with Gasteiger partial charge in [0.1, 0.15) is 5.69 Å². The molecular formula is C24H29ClF3N3O2. The van der Waals surface area contributed by atoms with E-state index in [1.165, 1.54) is 5.56 Å². The number of aromatic nitrogens is 1. The number of halogens is 4. The number of amides is 1. The lowest BCUT2D eigenvalue weighted by molar-refractivity contribution is -0.161. The van der Waals surface area contributed by atoms with Gasteiger partial charge in [-0.15, -0.1) is 12.4 Å². The van der Waals surface area contributed by atoms with Gasteiger partial charge >= 0.3 is 6.18 Å². The highest BCUT2D eigenvalue weighted by molar-refractivity contribution is 5.92. The van der Waals surface area contributed by atoms with Gasteiger partial charge in [0.25, 0.3) is 5.91 Å². The number of pyridine rings is 1. The molecule has 1 amide bonds. The first-order valence-electron chi connectivity index (χ1n) is 11.0. The zero-order valence-electron chi connectivity index (χ0n) is 18.6. The Kier molecular flexibility index (Phi) is 8.03. The van der Waals surface area contributed by atoms with Gasteiger partial charge in [-0.25, -0.2) is 0 Å². The van der Waals surface area contributed by atoms with E-state index < -0.39 is 23.2 Å². The summed E-state index contributed by atoms with van der Waals surface area (Å²) in [6, 6.07) is 12.1. The fraction of sp³-hybridized carbons (Fsp3) is 0.500. The maximum Gasteiger partial charge on any atom is 0.416 e. The minimum Gasteiger partial charge on any atom is -0.368 e. The van der Waals surface area contributed by atoms with E-state index in [0.29, 0.717) is 13.1 Å². The van der Waals surface area contributed by atoms with Gasteiger partial charge in [0.2, 0.25) is 0 Å². The van der Waals surface area contributed by atoms with Crippen molar-refractivity contribution in [2.24, 2.45) is 0 Å². The van der Waals surface area contributed by atoms with Crippen LogP contribution in [0.3, 0.4) is 0 Å². The summed E-state index contributed by atoms with van der Waals surface area (Å²) in [6.45, 7) is 5.32. The van der Waals surface area contributed by atoms with Gasteiger partial charge < -0.3 is 14.5 Å². The maximum atomic E-state index is 13.1. The Bertz CT molecular complexity index is 934. The molecule has 33 heavy (non-hydrogen) atoms. The minimum atomic E-state index is -4.51. The van der Waals surface area contributed by atoms with Crippen LogP contribution in [0.2, 0.25) is 0 Å².